The normalized spacial score (nSPS) is 9.30. The molecule has 10 heavy (non-hydrogen) atoms. The van der Waals surface area contributed by atoms with E-state index in [1.807, 2.05) is 25.1 Å². The fourth-order valence-corrected chi connectivity index (χ4v) is 0.982. The van der Waals surface area contributed by atoms with Gasteiger partial charge in [0.25, 0.3) is 0 Å². The molecule has 0 heterocycles. The lowest BCUT2D eigenvalue weighted by Crippen LogP contribution is -1.90. The summed E-state index contributed by atoms with van der Waals surface area (Å²) in [6.45, 7) is 5.69. The number of nitrogens with two attached hydrogens (primary N) is 1. The lowest BCUT2D eigenvalue weighted by Gasteiger charge is -2.02. The molecule has 1 nitrogen and oxygen atoms in total. The van der Waals surface area contributed by atoms with Crippen LogP contribution in [0, 0.1) is 6.92 Å². The van der Waals surface area contributed by atoms with Gasteiger partial charge in [0, 0.05) is 5.69 Å². The predicted octanol–water partition coefficient (Wildman–Crippen LogP) is 2.22. The van der Waals surface area contributed by atoms with Crippen molar-refractivity contribution in [1.82, 2.24) is 0 Å². The topological polar surface area (TPSA) is 26.0 Å². The van der Waals surface area contributed by atoms with Gasteiger partial charge >= 0.3 is 0 Å². The van der Waals surface area contributed by atoms with Gasteiger partial charge in [-0.05, 0) is 24.1 Å². The van der Waals surface area contributed by atoms with Gasteiger partial charge in [-0.2, -0.15) is 0 Å². The summed E-state index contributed by atoms with van der Waals surface area (Å²) in [7, 11) is 0. The monoisotopic (exact) mass is 133 g/mol. The van der Waals surface area contributed by atoms with Crippen LogP contribution in [0.1, 0.15) is 11.1 Å². The summed E-state index contributed by atoms with van der Waals surface area (Å²) in [5.74, 6) is 0. The van der Waals surface area contributed by atoms with Crippen molar-refractivity contribution in [3.8, 4) is 0 Å². The lowest BCUT2D eigenvalue weighted by atomic mass is 10.1. The molecule has 0 amide bonds. The SMILES string of the molecule is C=Cc1c(C)cccc1N. The van der Waals surface area contributed by atoms with Gasteiger partial charge in [-0.3, -0.25) is 0 Å². The second-order valence-corrected chi connectivity index (χ2v) is 2.28. The largest absolute Gasteiger partial charge is 0.398 e. The third kappa shape index (κ3) is 1.03. The molecule has 0 aromatic heterocycles. The van der Waals surface area contributed by atoms with Crippen LogP contribution >= 0.6 is 0 Å². The van der Waals surface area contributed by atoms with E-state index >= 15 is 0 Å². The van der Waals surface area contributed by atoms with Crippen molar-refractivity contribution < 1.29 is 0 Å². The van der Waals surface area contributed by atoms with Gasteiger partial charge < -0.3 is 5.73 Å². The van der Waals surface area contributed by atoms with Crippen molar-refractivity contribution in [1.29, 1.82) is 0 Å². The minimum absolute atomic E-state index is 0.801. The van der Waals surface area contributed by atoms with Gasteiger partial charge in [0.2, 0.25) is 0 Å². The van der Waals surface area contributed by atoms with Crippen molar-refractivity contribution in [3.05, 3.63) is 35.9 Å². The fourth-order valence-electron chi connectivity index (χ4n) is 0.982. The molecule has 0 bridgehead atoms. The van der Waals surface area contributed by atoms with Crippen LogP contribution in [0.5, 0.6) is 0 Å². The fraction of sp³-hybridized carbons (Fsp3) is 0.111. The van der Waals surface area contributed by atoms with E-state index in [1.165, 1.54) is 5.56 Å². The van der Waals surface area contributed by atoms with Gasteiger partial charge in [0.05, 0.1) is 0 Å². The minimum atomic E-state index is 0.801. The van der Waals surface area contributed by atoms with E-state index in [0.29, 0.717) is 0 Å². The molecule has 1 rings (SSSR count). The summed E-state index contributed by atoms with van der Waals surface area (Å²) in [5, 5.41) is 0. The highest BCUT2D eigenvalue weighted by Crippen LogP contribution is 2.16. The van der Waals surface area contributed by atoms with Crippen molar-refractivity contribution >= 4 is 11.8 Å². The van der Waals surface area contributed by atoms with Crippen LogP contribution in [0.15, 0.2) is 24.8 Å². The summed E-state index contributed by atoms with van der Waals surface area (Å²) >= 11 is 0. The quantitative estimate of drug-likeness (QED) is 0.584. The first-order chi connectivity index (χ1) is 4.75. The molecule has 0 unspecified atom stereocenters. The summed E-state index contributed by atoms with van der Waals surface area (Å²) in [4.78, 5) is 0. The summed E-state index contributed by atoms with van der Waals surface area (Å²) in [6, 6.07) is 5.84. The first-order valence-corrected chi connectivity index (χ1v) is 3.23. The smallest absolute Gasteiger partial charge is 0.0390 e. The maximum absolute atomic E-state index is 5.66. The van der Waals surface area contributed by atoms with Crippen molar-refractivity contribution in [2.75, 3.05) is 5.73 Å². The highest BCUT2D eigenvalue weighted by atomic mass is 14.6. The number of aryl methyl sites for hydroxylation is 1. The molecule has 0 aliphatic heterocycles. The molecule has 0 atom stereocenters. The Bertz CT molecular complexity index is 231. The highest BCUT2D eigenvalue weighted by molar-refractivity contribution is 5.66. The number of benzene rings is 1. The number of hydrogen-bond donors (Lipinski definition) is 1. The zero-order chi connectivity index (χ0) is 7.56. The van der Waals surface area contributed by atoms with E-state index in [0.717, 1.165) is 11.3 Å². The molecule has 0 aliphatic carbocycles. The average molecular weight is 133 g/mol. The van der Waals surface area contributed by atoms with Crippen molar-refractivity contribution in [3.63, 3.8) is 0 Å². The van der Waals surface area contributed by atoms with Crippen LogP contribution < -0.4 is 5.73 Å². The molecule has 52 valence electrons. The van der Waals surface area contributed by atoms with Gasteiger partial charge in [-0.1, -0.05) is 24.8 Å². The Labute approximate surface area is 61.2 Å². The third-order valence-corrected chi connectivity index (χ3v) is 1.56. The summed E-state index contributed by atoms with van der Waals surface area (Å²) < 4.78 is 0. The number of nitrogen functional groups attached to an aromatic ring is 1. The van der Waals surface area contributed by atoms with Gasteiger partial charge in [0.1, 0.15) is 0 Å². The second kappa shape index (κ2) is 2.56. The Morgan fingerprint density at radius 1 is 1.50 bits per heavy atom. The molecular formula is C9H11N. The van der Waals surface area contributed by atoms with E-state index in [9.17, 15) is 0 Å². The molecule has 2 N–H and O–H groups in total. The maximum Gasteiger partial charge on any atom is 0.0390 e. The lowest BCUT2D eigenvalue weighted by molar-refractivity contribution is 1.45. The van der Waals surface area contributed by atoms with Gasteiger partial charge in [-0.15, -0.1) is 0 Å². The number of rotatable bonds is 1. The average Bonchev–Trinajstić information content (AvgIpc) is 1.88. The van der Waals surface area contributed by atoms with Crippen molar-refractivity contribution in [2.24, 2.45) is 0 Å². The molecule has 0 saturated carbocycles. The van der Waals surface area contributed by atoms with E-state index in [2.05, 4.69) is 6.58 Å². The minimum Gasteiger partial charge on any atom is -0.398 e. The molecule has 0 spiro atoms. The Morgan fingerprint density at radius 3 is 2.60 bits per heavy atom. The molecule has 0 saturated heterocycles. The number of anilines is 1. The number of hydrogen-bond acceptors (Lipinski definition) is 1. The summed E-state index contributed by atoms with van der Waals surface area (Å²) in [6.07, 6.45) is 1.78. The zero-order valence-electron chi connectivity index (χ0n) is 6.09. The van der Waals surface area contributed by atoms with Crippen LogP contribution in [0.2, 0.25) is 0 Å². The summed E-state index contributed by atoms with van der Waals surface area (Å²) in [5.41, 5.74) is 8.68. The third-order valence-electron chi connectivity index (χ3n) is 1.56. The van der Waals surface area contributed by atoms with E-state index in [4.69, 9.17) is 5.73 Å². The van der Waals surface area contributed by atoms with Crippen LogP contribution in [-0.4, -0.2) is 0 Å². The zero-order valence-corrected chi connectivity index (χ0v) is 6.09. The Balaban J connectivity index is 3.30. The van der Waals surface area contributed by atoms with Crippen LogP contribution in [-0.2, 0) is 0 Å². The Morgan fingerprint density at radius 2 is 2.20 bits per heavy atom. The maximum atomic E-state index is 5.66. The van der Waals surface area contributed by atoms with Crippen LogP contribution in [0.25, 0.3) is 6.08 Å². The molecular weight excluding hydrogens is 122 g/mol. The van der Waals surface area contributed by atoms with E-state index in [-0.39, 0.29) is 0 Å². The standard InChI is InChI=1S/C9H11N/c1-3-8-7(2)5-4-6-9(8)10/h3-6H,1,10H2,2H3. The van der Waals surface area contributed by atoms with Gasteiger partial charge in [0.15, 0.2) is 0 Å². The molecule has 0 aliphatic rings. The first kappa shape index (κ1) is 6.87. The molecule has 0 fully saturated rings. The van der Waals surface area contributed by atoms with Gasteiger partial charge in [-0.25, -0.2) is 0 Å². The molecule has 1 heteroatoms. The molecule has 1 aromatic rings. The molecule has 0 radical (unpaired) electrons. The molecule has 1 aromatic carbocycles. The van der Waals surface area contributed by atoms with Crippen LogP contribution in [0.4, 0.5) is 5.69 Å². The van der Waals surface area contributed by atoms with E-state index < -0.39 is 0 Å². The Kier molecular flexibility index (Phi) is 1.76. The van der Waals surface area contributed by atoms with E-state index in [1.54, 1.807) is 6.08 Å². The predicted molar refractivity (Wildman–Crippen MR) is 45.7 cm³/mol. The second-order valence-electron chi connectivity index (χ2n) is 2.28. The highest BCUT2D eigenvalue weighted by Gasteiger charge is 1.95. The van der Waals surface area contributed by atoms with Crippen LogP contribution in [0.3, 0.4) is 0 Å². The first-order valence-electron chi connectivity index (χ1n) is 3.23. The van der Waals surface area contributed by atoms with Crippen molar-refractivity contribution in [2.45, 2.75) is 6.92 Å². The Hall–Kier alpha value is -1.24.